The predicted octanol–water partition coefficient (Wildman–Crippen LogP) is 1.96. The van der Waals surface area contributed by atoms with Crippen molar-refractivity contribution >= 4 is 17.5 Å². The van der Waals surface area contributed by atoms with Gasteiger partial charge in [0, 0.05) is 50.9 Å². The summed E-state index contributed by atoms with van der Waals surface area (Å²) in [6.07, 6.45) is 6.17. The second kappa shape index (κ2) is 9.92. The molecule has 0 unspecified atom stereocenters. The van der Waals surface area contributed by atoms with Gasteiger partial charge in [-0.25, -0.2) is 9.49 Å². The zero-order chi connectivity index (χ0) is 25.2. The summed E-state index contributed by atoms with van der Waals surface area (Å²) in [5.74, 6) is -1.08. The molecule has 5 rings (SSSR count). The number of aromatic nitrogens is 4. The largest absolute Gasteiger partial charge is 0.383 e. The van der Waals surface area contributed by atoms with Gasteiger partial charge in [-0.3, -0.25) is 19.5 Å². The topological polar surface area (TPSA) is 127 Å². The lowest BCUT2D eigenvalue weighted by atomic mass is 9.99. The minimum absolute atomic E-state index is 0.00171. The Bertz CT molecular complexity index is 1330. The van der Waals surface area contributed by atoms with Gasteiger partial charge in [-0.15, -0.1) is 0 Å². The molecule has 0 radical (unpaired) electrons. The molecule has 2 aliphatic rings. The van der Waals surface area contributed by atoms with Crippen LogP contribution in [0.25, 0.3) is 0 Å². The molecule has 2 aromatic heterocycles. The van der Waals surface area contributed by atoms with E-state index in [1.54, 1.807) is 35.2 Å². The van der Waals surface area contributed by atoms with Crippen molar-refractivity contribution in [3.8, 4) is 0 Å². The number of fused-ring (bicyclic) bond motifs is 1. The van der Waals surface area contributed by atoms with Crippen molar-refractivity contribution in [1.29, 1.82) is 0 Å². The van der Waals surface area contributed by atoms with E-state index in [0.717, 1.165) is 24.2 Å². The number of carbonyl (C=O) groups is 2. The fourth-order valence-corrected chi connectivity index (χ4v) is 4.99. The van der Waals surface area contributed by atoms with Crippen molar-refractivity contribution in [1.82, 2.24) is 30.2 Å². The third-order valence-electron chi connectivity index (χ3n) is 7.06. The number of H-pyrrole nitrogens is 2. The maximum Gasteiger partial charge on any atom is 0.269 e. The molecule has 0 atom stereocenters. The molecule has 0 saturated carbocycles. The molecular formula is C25H28FN7O3. The standard InChI is InChI=1S/C25H28FN7O3/c1-32(17-6-9-33(10-7-17)24(35)16-13-28-29-14-16)25(36)19-11-15(4-5-20(19)26)12-21-22-18(3-2-8-27-22)23(34)31-30-21/h4-5,11,13-14,17,27H,2-3,6-10,12H2,1H3,(H,28,29)(H,31,34). The van der Waals surface area contributed by atoms with Crippen molar-refractivity contribution in [3.05, 3.63) is 74.7 Å². The summed E-state index contributed by atoms with van der Waals surface area (Å²) in [6, 6.07) is 4.39. The minimum atomic E-state index is -0.585. The lowest BCUT2D eigenvalue weighted by molar-refractivity contribution is 0.0567. The number of amides is 2. The molecule has 4 heterocycles. The first kappa shape index (κ1) is 23.7. The highest BCUT2D eigenvalue weighted by Crippen LogP contribution is 2.25. The van der Waals surface area contributed by atoms with Crippen LogP contribution in [0, 0.1) is 5.82 Å². The molecule has 11 heteroatoms. The zero-order valence-corrected chi connectivity index (χ0v) is 20.0. The van der Waals surface area contributed by atoms with Crippen LogP contribution in [0.4, 0.5) is 10.1 Å². The van der Waals surface area contributed by atoms with Gasteiger partial charge in [0.2, 0.25) is 0 Å². The zero-order valence-electron chi connectivity index (χ0n) is 20.0. The molecule has 0 aliphatic carbocycles. The Morgan fingerprint density at radius 3 is 2.81 bits per heavy atom. The smallest absolute Gasteiger partial charge is 0.269 e. The number of likely N-dealkylation sites (tertiary alicyclic amines) is 1. The van der Waals surface area contributed by atoms with Crippen LogP contribution in [0.5, 0.6) is 0 Å². The van der Waals surface area contributed by atoms with Gasteiger partial charge >= 0.3 is 0 Å². The average molecular weight is 494 g/mol. The van der Waals surface area contributed by atoms with Gasteiger partial charge < -0.3 is 15.1 Å². The van der Waals surface area contributed by atoms with Gasteiger partial charge in [-0.05, 0) is 43.4 Å². The molecular weight excluding hydrogens is 465 g/mol. The molecule has 2 amide bonds. The first-order valence-corrected chi connectivity index (χ1v) is 12.1. The van der Waals surface area contributed by atoms with Gasteiger partial charge in [0.1, 0.15) is 5.82 Å². The van der Waals surface area contributed by atoms with E-state index in [9.17, 15) is 18.8 Å². The van der Waals surface area contributed by atoms with Gasteiger partial charge in [0.25, 0.3) is 17.4 Å². The van der Waals surface area contributed by atoms with Crippen LogP contribution in [-0.2, 0) is 12.8 Å². The predicted molar refractivity (Wildman–Crippen MR) is 130 cm³/mol. The number of hydrogen-bond donors (Lipinski definition) is 3. The second-order valence-corrected chi connectivity index (χ2v) is 9.30. The fourth-order valence-electron chi connectivity index (χ4n) is 4.99. The fraction of sp³-hybridized carbons (Fsp3) is 0.400. The van der Waals surface area contributed by atoms with E-state index in [1.165, 1.54) is 12.3 Å². The van der Waals surface area contributed by atoms with Crippen LogP contribution in [0.1, 0.15) is 56.8 Å². The van der Waals surface area contributed by atoms with Gasteiger partial charge in [-0.1, -0.05) is 6.07 Å². The summed E-state index contributed by atoms with van der Waals surface area (Å²) in [5.41, 5.74) is 3.11. The first-order chi connectivity index (χ1) is 17.4. The van der Waals surface area contributed by atoms with E-state index in [1.807, 2.05) is 0 Å². The van der Waals surface area contributed by atoms with E-state index in [4.69, 9.17) is 0 Å². The van der Waals surface area contributed by atoms with Gasteiger partial charge in [0.15, 0.2) is 0 Å². The molecule has 10 nitrogen and oxygen atoms in total. The molecule has 188 valence electrons. The number of hydrogen-bond acceptors (Lipinski definition) is 6. The molecule has 36 heavy (non-hydrogen) atoms. The minimum Gasteiger partial charge on any atom is -0.383 e. The average Bonchev–Trinajstić information content (AvgIpc) is 3.45. The summed E-state index contributed by atoms with van der Waals surface area (Å²) in [7, 11) is 1.68. The van der Waals surface area contributed by atoms with Crippen molar-refractivity contribution < 1.29 is 14.0 Å². The molecule has 1 aromatic carbocycles. The highest BCUT2D eigenvalue weighted by molar-refractivity contribution is 5.95. The number of halogens is 1. The van der Waals surface area contributed by atoms with Crippen LogP contribution in [-0.4, -0.2) is 74.7 Å². The molecule has 3 aromatic rings. The lowest BCUT2D eigenvalue weighted by Crippen LogP contribution is -2.47. The number of aromatic amines is 2. The summed E-state index contributed by atoms with van der Waals surface area (Å²) in [5, 5.41) is 16.5. The third-order valence-corrected chi connectivity index (χ3v) is 7.06. The first-order valence-electron chi connectivity index (χ1n) is 12.1. The number of piperidine rings is 1. The summed E-state index contributed by atoms with van der Waals surface area (Å²) < 4.78 is 14.8. The SMILES string of the molecule is CN(C(=O)c1cc(Cc2n[nH]c(=O)c3c2NCCC3)ccc1F)C1CCN(C(=O)c2cn[nH]c2)CC1. The van der Waals surface area contributed by atoms with E-state index in [-0.39, 0.29) is 23.1 Å². The number of anilines is 1. The van der Waals surface area contributed by atoms with E-state index in [0.29, 0.717) is 55.6 Å². The summed E-state index contributed by atoms with van der Waals surface area (Å²) >= 11 is 0. The van der Waals surface area contributed by atoms with Crippen LogP contribution < -0.4 is 10.9 Å². The monoisotopic (exact) mass is 493 g/mol. The van der Waals surface area contributed by atoms with Crippen LogP contribution in [0.3, 0.4) is 0 Å². The Morgan fingerprint density at radius 1 is 1.25 bits per heavy atom. The second-order valence-electron chi connectivity index (χ2n) is 9.30. The molecule has 0 bridgehead atoms. The van der Waals surface area contributed by atoms with E-state index >= 15 is 0 Å². The van der Waals surface area contributed by atoms with Crippen molar-refractivity contribution in [2.24, 2.45) is 0 Å². The van der Waals surface area contributed by atoms with E-state index in [2.05, 4.69) is 25.7 Å². The van der Waals surface area contributed by atoms with Crippen molar-refractivity contribution in [2.45, 2.75) is 38.1 Å². The van der Waals surface area contributed by atoms with Gasteiger partial charge in [-0.2, -0.15) is 10.2 Å². The Balaban J connectivity index is 1.28. The normalized spacial score (nSPS) is 15.8. The summed E-state index contributed by atoms with van der Waals surface area (Å²) in [4.78, 5) is 41.2. The quantitative estimate of drug-likeness (QED) is 0.499. The molecule has 0 spiro atoms. The Labute approximate surface area is 206 Å². The number of benzene rings is 1. The molecule has 1 fully saturated rings. The number of carbonyl (C=O) groups excluding carboxylic acids is 2. The number of rotatable bonds is 5. The van der Waals surface area contributed by atoms with Crippen LogP contribution >= 0.6 is 0 Å². The number of nitrogens with one attached hydrogen (secondary N) is 3. The maximum atomic E-state index is 14.8. The number of nitrogens with zero attached hydrogens (tertiary/aromatic N) is 4. The van der Waals surface area contributed by atoms with E-state index < -0.39 is 11.7 Å². The Morgan fingerprint density at radius 2 is 2.06 bits per heavy atom. The molecule has 2 aliphatic heterocycles. The Hall–Kier alpha value is -4.02. The molecule has 3 N–H and O–H groups in total. The van der Waals surface area contributed by atoms with Crippen LogP contribution in [0.15, 0.2) is 35.4 Å². The van der Waals surface area contributed by atoms with Crippen molar-refractivity contribution in [2.75, 3.05) is 32.0 Å². The third kappa shape index (κ3) is 4.60. The maximum absolute atomic E-state index is 14.8. The summed E-state index contributed by atoms with van der Waals surface area (Å²) in [6.45, 7) is 1.77. The van der Waals surface area contributed by atoms with Crippen LogP contribution in [0.2, 0.25) is 0 Å². The lowest BCUT2D eigenvalue weighted by Gasteiger charge is -2.36. The molecule has 1 saturated heterocycles. The van der Waals surface area contributed by atoms with Gasteiger partial charge in [0.05, 0.1) is 28.7 Å². The Kier molecular flexibility index (Phi) is 6.53. The highest BCUT2D eigenvalue weighted by atomic mass is 19.1. The van der Waals surface area contributed by atoms with Crippen molar-refractivity contribution in [3.63, 3.8) is 0 Å². The highest BCUT2D eigenvalue weighted by Gasteiger charge is 2.30.